The summed E-state index contributed by atoms with van der Waals surface area (Å²) in [6.45, 7) is 3.56. The van der Waals surface area contributed by atoms with E-state index in [0.717, 1.165) is 11.1 Å². The van der Waals surface area contributed by atoms with Gasteiger partial charge in [-0.05, 0) is 61.2 Å². The zero-order chi connectivity index (χ0) is 15.8. The minimum atomic E-state index is -0.898. The Morgan fingerprint density at radius 3 is 2.38 bits per heavy atom. The molecule has 1 unspecified atom stereocenters. The third kappa shape index (κ3) is 3.54. The lowest BCUT2D eigenvalue weighted by molar-refractivity contribution is 0.485. The Morgan fingerprint density at radius 1 is 1.10 bits per heavy atom. The number of hydrogen-bond donors (Lipinski definition) is 1. The molecule has 2 aromatic carbocycles. The van der Waals surface area contributed by atoms with Crippen LogP contribution in [-0.4, -0.2) is 0 Å². The maximum absolute atomic E-state index is 13.7. The minimum Gasteiger partial charge on any atom is -0.321 e. The molecule has 21 heavy (non-hydrogen) atoms. The topological polar surface area (TPSA) is 26.0 Å². The third-order valence-corrected chi connectivity index (χ3v) is 4.09. The van der Waals surface area contributed by atoms with Crippen molar-refractivity contribution in [3.05, 3.63) is 68.7 Å². The average Bonchev–Trinajstić information content (AvgIpc) is 2.37. The van der Waals surface area contributed by atoms with Gasteiger partial charge in [-0.3, -0.25) is 0 Å². The van der Waals surface area contributed by atoms with Gasteiger partial charge in [0.15, 0.2) is 0 Å². The predicted octanol–water partition coefficient (Wildman–Crippen LogP) is 5.00. The Kier molecular flexibility index (Phi) is 4.57. The Hall–Kier alpha value is -1.16. The fourth-order valence-corrected chi connectivity index (χ4v) is 2.91. The van der Waals surface area contributed by atoms with Crippen LogP contribution in [0.5, 0.6) is 0 Å². The van der Waals surface area contributed by atoms with Gasteiger partial charge >= 0.3 is 0 Å². The molecule has 0 aliphatic carbocycles. The molecule has 2 N–H and O–H groups in total. The van der Waals surface area contributed by atoms with Crippen molar-refractivity contribution in [1.29, 1.82) is 0 Å². The van der Waals surface area contributed by atoms with E-state index in [1.54, 1.807) is 19.9 Å². The normalized spacial score (nSPS) is 14.0. The molecular formula is C16H15Cl2F2N. The van der Waals surface area contributed by atoms with Gasteiger partial charge < -0.3 is 5.73 Å². The van der Waals surface area contributed by atoms with E-state index in [4.69, 9.17) is 28.9 Å². The first-order valence-corrected chi connectivity index (χ1v) is 7.15. The predicted molar refractivity (Wildman–Crippen MR) is 82.8 cm³/mol. The van der Waals surface area contributed by atoms with E-state index in [1.165, 1.54) is 24.3 Å². The van der Waals surface area contributed by atoms with Crippen LogP contribution in [0.1, 0.15) is 23.6 Å². The molecule has 1 nitrogen and oxygen atoms in total. The quantitative estimate of drug-likeness (QED) is 0.788. The zero-order valence-corrected chi connectivity index (χ0v) is 13.2. The molecule has 2 rings (SSSR count). The highest BCUT2D eigenvalue weighted by Gasteiger charge is 2.26. The summed E-state index contributed by atoms with van der Waals surface area (Å²) in [7, 11) is 0. The molecule has 112 valence electrons. The number of aryl methyl sites for hydroxylation is 1. The lowest BCUT2D eigenvalue weighted by atomic mass is 9.85. The van der Waals surface area contributed by atoms with Crippen molar-refractivity contribution >= 4 is 23.2 Å². The van der Waals surface area contributed by atoms with Crippen molar-refractivity contribution < 1.29 is 8.78 Å². The average molecular weight is 330 g/mol. The van der Waals surface area contributed by atoms with E-state index >= 15 is 0 Å². The summed E-state index contributed by atoms with van der Waals surface area (Å²) >= 11 is 11.8. The van der Waals surface area contributed by atoms with Crippen LogP contribution >= 0.6 is 23.2 Å². The van der Waals surface area contributed by atoms with Crippen molar-refractivity contribution in [2.75, 3.05) is 0 Å². The molecule has 0 radical (unpaired) electrons. The molecule has 0 saturated carbocycles. The van der Waals surface area contributed by atoms with E-state index in [0.29, 0.717) is 17.0 Å². The molecule has 1 atom stereocenters. The van der Waals surface area contributed by atoms with Crippen LogP contribution in [0.4, 0.5) is 8.78 Å². The lowest BCUT2D eigenvalue weighted by Crippen LogP contribution is -2.36. The summed E-state index contributed by atoms with van der Waals surface area (Å²) < 4.78 is 26.8. The lowest BCUT2D eigenvalue weighted by Gasteiger charge is -2.27. The number of benzene rings is 2. The van der Waals surface area contributed by atoms with E-state index in [9.17, 15) is 8.78 Å². The molecule has 0 heterocycles. The smallest absolute Gasteiger partial charge is 0.142 e. The summed E-state index contributed by atoms with van der Waals surface area (Å²) in [6, 6.07) is 7.09. The van der Waals surface area contributed by atoms with Gasteiger partial charge in [0.25, 0.3) is 0 Å². The molecule has 0 spiro atoms. The Balaban J connectivity index is 2.40. The summed E-state index contributed by atoms with van der Waals surface area (Å²) in [5, 5.41) is 0.267. The van der Waals surface area contributed by atoms with Crippen molar-refractivity contribution in [3.63, 3.8) is 0 Å². The van der Waals surface area contributed by atoms with Crippen LogP contribution < -0.4 is 5.73 Å². The zero-order valence-electron chi connectivity index (χ0n) is 11.7. The monoisotopic (exact) mass is 329 g/mol. The Morgan fingerprint density at radius 2 is 1.76 bits per heavy atom. The second kappa shape index (κ2) is 5.91. The van der Waals surface area contributed by atoms with E-state index in [1.807, 2.05) is 0 Å². The molecule has 5 heteroatoms. The van der Waals surface area contributed by atoms with Crippen LogP contribution in [0.2, 0.25) is 10.0 Å². The SMILES string of the molecule is Cc1cc(F)ccc1CC(C)(N)c1cc(F)c(Cl)cc1Cl. The summed E-state index contributed by atoms with van der Waals surface area (Å²) in [4.78, 5) is 0. The van der Waals surface area contributed by atoms with Gasteiger partial charge in [-0.2, -0.15) is 0 Å². The van der Waals surface area contributed by atoms with Gasteiger partial charge in [-0.1, -0.05) is 29.3 Å². The fourth-order valence-electron chi connectivity index (χ4n) is 2.31. The number of hydrogen-bond acceptors (Lipinski definition) is 1. The molecule has 0 saturated heterocycles. The maximum Gasteiger partial charge on any atom is 0.142 e. The number of rotatable bonds is 3. The van der Waals surface area contributed by atoms with Crippen LogP contribution in [0.25, 0.3) is 0 Å². The molecule has 0 aliphatic heterocycles. The molecule has 0 bridgehead atoms. The highest BCUT2D eigenvalue weighted by atomic mass is 35.5. The van der Waals surface area contributed by atoms with E-state index in [2.05, 4.69) is 0 Å². The standard InChI is InChI=1S/C16H15Cl2F2N/c1-9-5-11(19)4-3-10(9)8-16(2,21)12-6-15(20)14(18)7-13(12)17/h3-7H,8,21H2,1-2H3. The third-order valence-electron chi connectivity index (χ3n) is 3.49. The molecule has 0 aromatic heterocycles. The van der Waals surface area contributed by atoms with Crippen LogP contribution in [0.15, 0.2) is 30.3 Å². The van der Waals surface area contributed by atoms with Crippen molar-refractivity contribution in [2.45, 2.75) is 25.8 Å². The second-order valence-corrected chi connectivity index (χ2v) is 6.23. The molecule has 0 fully saturated rings. The van der Waals surface area contributed by atoms with E-state index < -0.39 is 11.4 Å². The number of nitrogens with two attached hydrogens (primary N) is 1. The highest BCUT2D eigenvalue weighted by molar-refractivity contribution is 6.35. The number of halogens is 4. The fraction of sp³-hybridized carbons (Fsp3) is 0.250. The molecule has 0 amide bonds. The molecule has 2 aromatic rings. The van der Waals surface area contributed by atoms with Crippen molar-refractivity contribution in [2.24, 2.45) is 5.73 Å². The van der Waals surface area contributed by atoms with Crippen molar-refractivity contribution in [3.8, 4) is 0 Å². The summed E-state index contributed by atoms with van der Waals surface area (Å²) in [5.41, 5.74) is 7.55. The first kappa shape index (κ1) is 16.2. The molecular weight excluding hydrogens is 315 g/mol. The first-order chi connectivity index (χ1) is 9.70. The van der Waals surface area contributed by atoms with E-state index in [-0.39, 0.29) is 10.8 Å². The first-order valence-electron chi connectivity index (χ1n) is 6.39. The van der Waals surface area contributed by atoms with Gasteiger partial charge in [0, 0.05) is 10.6 Å². The summed E-state index contributed by atoms with van der Waals surface area (Å²) in [5.74, 6) is -0.867. The maximum atomic E-state index is 13.7. The Labute approximate surface area is 132 Å². The van der Waals surface area contributed by atoms with Crippen LogP contribution in [0.3, 0.4) is 0 Å². The van der Waals surface area contributed by atoms with Gasteiger partial charge in [0.2, 0.25) is 0 Å². The summed E-state index contributed by atoms with van der Waals surface area (Å²) in [6.07, 6.45) is 0.403. The molecule has 0 aliphatic rings. The second-order valence-electron chi connectivity index (χ2n) is 5.41. The van der Waals surface area contributed by atoms with Gasteiger partial charge in [-0.15, -0.1) is 0 Å². The van der Waals surface area contributed by atoms with Crippen molar-refractivity contribution in [1.82, 2.24) is 0 Å². The largest absolute Gasteiger partial charge is 0.321 e. The van der Waals surface area contributed by atoms with Gasteiger partial charge in [-0.25, -0.2) is 8.78 Å². The van der Waals surface area contributed by atoms with Gasteiger partial charge in [0.1, 0.15) is 11.6 Å². The van der Waals surface area contributed by atoms with Crippen LogP contribution in [0, 0.1) is 18.6 Å². The highest BCUT2D eigenvalue weighted by Crippen LogP contribution is 2.33. The Bertz CT molecular complexity index is 684. The minimum absolute atomic E-state index is 0.0440. The van der Waals surface area contributed by atoms with Gasteiger partial charge in [0.05, 0.1) is 5.02 Å². The van der Waals surface area contributed by atoms with Crippen LogP contribution in [-0.2, 0) is 12.0 Å².